The third kappa shape index (κ3) is 6.14. The zero-order valence-electron chi connectivity index (χ0n) is 8.37. The Bertz CT molecular complexity index is 110. The quantitative estimate of drug-likeness (QED) is 0.570. The van der Waals surface area contributed by atoms with E-state index < -0.39 is 0 Å². The fraction of sp³-hybridized carbons (Fsp3) is 1.00. The van der Waals surface area contributed by atoms with Crippen molar-refractivity contribution in [3.8, 4) is 0 Å². The molecule has 1 atom stereocenters. The molecule has 0 saturated heterocycles. The van der Waals surface area contributed by atoms with Crippen LogP contribution >= 0.6 is 23.2 Å². The van der Waals surface area contributed by atoms with Gasteiger partial charge < -0.3 is 0 Å². The standard InChI is InChI=1S/C10H20Cl2/c1-4-9(12)8-10(2,3)6-5-7-11/h9H,4-8H2,1-3H3. The minimum Gasteiger partial charge on any atom is -0.127 e. The smallest absolute Gasteiger partial charge is 0.0338 e. The molecule has 12 heavy (non-hydrogen) atoms. The highest BCUT2D eigenvalue weighted by molar-refractivity contribution is 6.20. The molecular formula is C10H20Cl2. The van der Waals surface area contributed by atoms with Crippen molar-refractivity contribution < 1.29 is 0 Å². The fourth-order valence-electron chi connectivity index (χ4n) is 1.39. The number of hydrogen-bond acceptors (Lipinski definition) is 0. The number of alkyl halides is 2. The Morgan fingerprint density at radius 2 is 1.92 bits per heavy atom. The van der Waals surface area contributed by atoms with Crippen molar-refractivity contribution in [2.75, 3.05) is 5.88 Å². The number of halogens is 2. The van der Waals surface area contributed by atoms with Gasteiger partial charge >= 0.3 is 0 Å². The molecule has 0 radical (unpaired) electrons. The average Bonchev–Trinajstić information content (AvgIpc) is 2.00. The van der Waals surface area contributed by atoms with E-state index in [0.717, 1.165) is 25.1 Å². The molecule has 0 N–H and O–H groups in total. The largest absolute Gasteiger partial charge is 0.127 e. The summed E-state index contributed by atoms with van der Waals surface area (Å²) in [6.07, 6.45) is 4.44. The lowest BCUT2D eigenvalue weighted by molar-refractivity contribution is 0.298. The second-order valence-corrected chi connectivity index (χ2v) is 5.16. The summed E-state index contributed by atoms with van der Waals surface area (Å²) >= 11 is 11.7. The highest BCUT2D eigenvalue weighted by atomic mass is 35.5. The first-order valence-corrected chi connectivity index (χ1v) is 5.69. The van der Waals surface area contributed by atoms with Crippen LogP contribution in [0, 0.1) is 5.41 Å². The molecule has 0 aromatic rings. The maximum atomic E-state index is 6.10. The molecule has 0 bridgehead atoms. The van der Waals surface area contributed by atoms with Gasteiger partial charge in [0.05, 0.1) is 0 Å². The van der Waals surface area contributed by atoms with Crippen LogP contribution < -0.4 is 0 Å². The van der Waals surface area contributed by atoms with Gasteiger partial charge in [-0.05, 0) is 31.1 Å². The third-order valence-corrected chi connectivity index (χ3v) is 2.93. The van der Waals surface area contributed by atoms with E-state index in [2.05, 4.69) is 20.8 Å². The predicted molar refractivity (Wildman–Crippen MR) is 58.3 cm³/mol. The van der Waals surface area contributed by atoms with Crippen LogP contribution in [0.5, 0.6) is 0 Å². The maximum Gasteiger partial charge on any atom is 0.0338 e. The Morgan fingerprint density at radius 3 is 2.33 bits per heavy atom. The Kier molecular flexibility index (Phi) is 6.39. The second kappa shape index (κ2) is 6.10. The Balaban J connectivity index is 3.69. The van der Waals surface area contributed by atoms with Crippen molar-refractivity contribution in [1.82, 2.24) is 0 Å². The highest BCUT2D eigenvalue weighted by Gasteiger charge is 2.20. The van der Waals surface area contributed by atoms with E-state index in [1.54, 1.807) is 0 Å². The van der Waals surface area contributed by atoms with Gasteiger partial charge in [-0.3, -0.25) is 0 Å². The van der Waals surface area contributed by atoms with Crippen molar-refractivity contribution in [2.45, 2.75) is 51.8 Å². The van der Waals surface area contributed by atoms with Gasteiger partial charge in [0.15, 0.2) is 0 Å². The summed E-state index contributed by atoms with van der Waals surface area (Å²) in [6.45, 7) is 6.67. The topological polar surface area (TPSA) is 0 Å². The lowest BCUT2D eigenvalue weighted by atomic mass is 9.83. The summed E-state index contributed by atoms with van der Waals surface area (Å²) in [6, 6.07) is 0. The third-order valence-electron chi connectivity index (χ3n) is 2.20. The van der Waals surface area contributed by atoms with Crippen LogP contribution in [-0.4, -0.2) is 11.3 Å². The monoisotopic (exact) mass is 210 g/mol. The predicted octanol–water partition coefficient (Wildman–Crippen LogP) is 4.44. The molecule has 0 aliphatic rings. The normalized spacial score (nSPS) is 14.8. The van der Waals surface area contributed by atoms with E-state index in [4.69, 9.17) is 23.2 Å². The fourth-order valence-corrected chi connectivity index (χ4v) is 1.94. The van der Waals surface area contributed by atoms with Crippen molar-refractivity contribution in [3.05, 3.63) is 0 Å². The van der Waals surface area contributed by atoms with E-state index >= 15 is 0 Å². The van der Waals surface area contributed by atoms with Crippen molar-refractivity contribution in [2.24, 2.45) is 5.41 Å². The van der Waals surface area contributed by atoms with Gasteiger partial charge in [-0.1, -0.05) is 20.8 Å². The zero-order chi connectivity index (χ0) is 9.61. The van der Waals surface area contributed by atoms with Gasteiger partial charge in [0, 0.05) is 11.3 Å². The minimum atomic E-state index is 0.329. The molecule has 0 amide bonds. The van der Waals surface area contributed by atoms with Gasteiger partial charge in [0.25, 0.3) is 0 Å². The molecule has 0 aromatic heterocycles. The van der Waals surface area contributed by atoms with Crippen molar-refractivity contribution in [1.29, 1.82) is 0 Å². The summed E-state index contributed by atoms with van der Waals surface area (Å²) < 4.78 is 0. The van der Waals surface area contributed by atoms with Gasteiger partial charge in [0.2, 0.25) is 0 Å². The molecule has 0 aliphatic heterocycles. The molecule has 2 heteroatoms. The van der Waals surface area contributed by atoms with E-state index in [1.165, 1.54) is 6.42 Å². The van der Waals surface area contributed by atoms with Crippen molar-refractivity contribution in [3.63, 3.8) is 0 Å². The number of hydrogen-bond donors (Lipinski definition) is 0. The van der Waals surface area contributed by atoms with Gasteiger partial charge in [0.1, 0.15) is 0 Å². The molecule has 0 aliphatic carbocycles. The molecule has 0 fully saturated rings. The van der Waals surface area contributed by atoms with Gasteiger partial charge in [-0.15, -0.1) is 23.2 Å². The molecular weight excluding hydrogens is 191 g/mol. The van der Waals surface area contributed by atoms with E-state index in [-0.39, 0.29) is 0 Å². The van der Waals surface area contributed by atoms with Crippen LogP contribution in [0.3, 0.4) is 0 Å². The van der Waals surface area contributed by atoms with Gasteiger partial charge in [-0.25, -0.2) is 0 Å². The molecule has 0 rings (SSSR count). The van der Waals surface area contributed by atoms with E-state index in [0.29, 0.717) is 10.8 Å². The van der Waals surface area contributed by atoms with Crippen LogP contribution in [-0.2, 0) is 0 Å². The highest BCUT2D eigenvalue weighted by Crippen LogP contribution is 2.31. The molecule has 0 heterocycles. The van der Waals surface area contributed by atoms with E-state index in [1.807, 2.05) is 0 Å². The van der Waals surface area contributed by atoms with Gasteiger partial charge in [-0.2, -0.15) is 0 Å². The van der Waals surface area contributed by atoms with Crippen molar-refractivity contribution >= 4 is 23.2 Å². The van der Waals surface area contributed by atoms with Crippen LogP contribution in [0.25, 0.3) is 0 Å². The molecule has 1 unspecified atom stereocenters. The minimum absolute atomic E-state index is 0.329. The first kappa shape index (κ1) is 12.6. The summed E-state index contributed by atoms with van der Waals surface area (Å²) in [7, 11) is 0. The van der Waals surface area contributed by atoms with Crippen LogP contribution in [0.4, 0.5) is 0 Å². The molecule has 0 nitrogen and oxygen atoms in total. The zero-order valence-corrected chi connectivity index (χ0v) is 9.88. The second-order valence-electron chi connectivity index (χ2n) is 4.17. The first-order valence-electron chi connectivity index (χ1n) is 4.72. The Morgan fingerprint density at radius 1 is 1.33 bits per heavy atom. The molecule has 0 spiro atoms. The summed E-state index contributed by atoms with van der Waals surface area (Å²) in [5.41, 5.74) is 0.358. The average molecular weight is 211 g/mol. The lowest BCUT2D eigenvalue weighted by Gasteiger charge is -2.26. The molecule has 0 aromatic carbocycles. The summed E-state index contributed by atoms with van der Waals surface area (Å²) in [5, 5.41) is 0.329. The first-order chi connectivity index (χ1) is 5.52. The Hall–Kier alpha value is 0.580. The summed E-state index contributed by atoms with van der Waals surface area (Å²) in [5.74, 6) is 0.766. The van der Waals surface area contributed by atoms with Crippen LogP contribution in [0.1, 0.15) is 46.5 Å². The van der Waals surface area contributed by atoms with E-state index in [9.17, 15) is 0 Å². The SMILES string of the molecule is CCC(Cl)CC(C)(C)CCCCl. The van der Waals surface area contributed by atoms with Crippen LogP contribution in [0.2, 0.25) is 0 Å². The molecule has 0 saturated carbocycles. The number of rotatable bonds is 6. The molecule has 74 valence electrons. The lowest BCUT2D eigenvalue weighted by Crippen LogP contribution is -2.17. The summed E-state index contributed by atoms with van der Waals surface area (Å²) in [4.78, 5) is 0. The Labute approximate surface area is 86.6 Å². The maximum absolute atomic E-state index is 6.10. The van der Waals surface area contributed by atoms with Crippen LogP contribution in [0.15, 0.2) is 0 Å².